The number of pyridine rings is 1. The van der Waals surface area contributed by atoms with E-state index in [2.05, 4.69) is 36.2 Å². The first kappa shape index (κ1) is 22.1. The van der Waals surface area contributed by atoms with Crippen molar-refractivity contribution in [1.82, 2.24) is 4.98 Å². The van der Waals surface area contributed by atoms with Crippen LogP contribution in [0, 0.1) is 6.92 Å². The van der Waals surface area contributed by atoms with Crippen molar-refractivity contribution in [3.63, 3.8) is 0 Å². The Bertz CT molecular complexity index is 1240. The molecule has 0 radical (unpaired) electrons. The summed E-state index contributed by atoms with van der Waals surface area (Å²) in [6.45, 7) is 4.90. The Kier molecular flexibility index (Phi) is 6.93. The van der Waals surface area contributed by atoms with Crippen LogP contribution in [0.25, 0.3) is 10.1 Å². The van der Waals surface area contributed by atoms with E-state index in [4.69, 9.17) is 25.8 Å². The first-order valence-electron chi connectivity index (χ1n) is 10.2. The Balaban J connectivity index is 1.46. The highest BCUT2D eigenvalue weighted by molar-refractivity contribution is 7.17. The summed E-state index contributed by atoms with van der Waals surface area (Å²) in [5, 5.41) is 2.98. The van der Waals surface area contributed by atoms with Gasteiger partial charge < -0.3 is 14.2 Å². The summed E-state index contributed by atoms with van der Waals surface area (Å²) in [6.07, 6.45) is 1.46. The van der Waals surface area contributed by atoms with Crippen LogP contribution < -0.4 is 9.47 Å². The normalized spacial score (nSPS) is 10.8. The lowest BCUT2D eigenvalue weighted by atomic mass is 10.2. The minimum atomic E-state index is -0.408. The number of fused-ring (bicyclic) bond motifs is 1. The number of rotatable bonds is 8. The lowest BCUT2D eigenvalue weighted by molar-refractivity contribution is 0.0528. The van der Waals surface area contributed by atoms with Crippen LogP contribution in [0.15, 0.2) is 60.1 Å². The number of aryl methyl sites for hydroxylation is 1. The van der Waals surface area contributed by atoms with Gasteiger partial charge in [0.2, 0.25) is 0 Å². The molecule has 32 heavy (non-hydrogen) atoms. The number of carbonyl (C=O) groups is 1. The topological polar surface area (TPSA) is 57.7 Å². The Morgan fingerprint density at radius 3 is 2.50 bits per heavy atom. The van der Waals surface area contributed by atoms with Crippen molar-refractivity contribution in [2.24, 2.45) is 0 Å². The molecule has 0 spiro atoms. The Morgan fingerprint density at radius 2 is 1.78 bits per heavy atom. The Hall–Kier alpha value is -3.09. The van der Waals surface area contributed by atoms with Gasteiger partial charge in [0.05, 0.1) is 16.9 Å². The van der Waals surface area contributed by atoms with Gasteiger partial charge in [-0.2, -0.15) is 0 Å². The second-order valence-corrected chi connectivity index (χ2v) is 8.42. The number of esters is 1. The monoisotopic (exact) mass is 467 g/mol. The maximum absolute atomic E-state index is 12.2. The number of thiophene rings is 1. The van der Waals surface area contributed by atoms with Gasteiger partial charge in [-0.25, -0.2) is 9.78 Å². The zero-order valence-electron chi connectivity index (χ0n) is 17.8. The molecule has 0 aliphatic carbocycles. The summed E-state index contributed by atoms with van der Waals surface area (Å²) in [5.74, 6) is 0.994. The summed E-state index contributed by atoms with van der Waals surface area (Å²) < 4.78 is 17.8. The van der Waals surface area contributed by atoms with E-state index >= 15 is 0 Å². The van der Waals surface area contributed by atoms with Crippen LogP contribution in [0.5, 0.6) is 11.5 Å². The highest BCUT2D eigenvalue weighted by Gasteiger charge is 2.18. The predicted octanol–water partition coefficient (Wildman–Crippen LogP) is 6.59. The Labute approximate surface area is 195 Å². The first-order chi connectivity index (χ1) is 15.5. The number of carbonyl (C=O) groups excluding carboxylic acids is 1. The van der Waals surface area contributed by atoms with Crippen molar-refractivity contribution in [3.8, 4) is 11.5 Å². The number of aromatic nitrogens is 1. The molecule has 0 aliphatic heterocycles. The maximum atomic E-state index is 12.2. The van der Waals surface area contributed by atoms with Gasteiger partial charge in [-0.05, 0) is 36.9 Å². The van der Waals surface area contributed by atoms with Crippen molar-refractivity contribution in [1.29, 1.82) is 0 Å². The molecule has 0 saturated carbocycles. The second-order valence-electron chi connectivity index (χ2n) is 7.19. The SMILES string of the molecule is CCOC(=O)c1cnc(Cl)c2c(COc3cccc(OCc4ccc(C)cc4)c3)csc12. The van der Waals surface area contributed by atoms with Crippen molar-refractivity contribution in [3.05, 3.63) is 87.5 Å². The van der Waals surface area contributed by atoms with E-state index in [9.17, 15) is 4.79 Å². The smallest absolute Gasteiger partial charge is 0.341 e. The molecule has 0 N–H and O–H groups in total. The van der Waals surface area contributed by atoms with Crippen LogP contribution in [0.3, 0.4) is 0 Å². The van der Waals surface area contributed by atoms with E-state index in [-0.39, 0.29) is 6.61 Å². The van der Waals surface area contributed by atoms with Crippen LogP contribution in [0.2, 0.25) is 5.15 Å². The summed E-state index contributed by atoms with van der Waals surface area (Å²) in [4.78, 5) is 16.4. The van der Waals surface area contributed by atoms with E-state index in [1.54, 1.807) is 6.92 Å². The van der Waals surface area contributed by atoms with Crippen molar-refractivity contribution in [2.45, 2.75) is 27.1 Å². The molecule has 0 fully saturated rings. The molecular weight excluding hydrogens is 446 g/mol. The number of benzene rings is 2. The average molecular weight is 468 g/mol. The summed E-state index contributed by atoms with van der Waals surface area (Å²) in [6, 6.07) is 15.8. The molecule has 0 saturated heterocycles. The fourth-order valence-electron chi connectivity index (χ4n) is 3.19. The van der Waals surface area contributed by atoms with Gasteiger partial charge in [0, 0.05) is 23.2 Å². The van der Waals surface area contributed by atoms with E-state index in [1.165, 1.54) is 23.1 Å². The van der Waals surface area contributed by atoms with Crippen LogP contribution in [0.4, 0.5) is 0 Å². The summed E-state index contributed by atoms with van der Waals surface area (Å²) in [7, 11) is 0. The zero-order valence-corrected chi connectivity index (χ0v) is 19.3. The number of ether oxygens (including phenoxy) is 3. The minimum Gasteiger partial charge on any atom is -0.489 e. The molecule has 4 rings (SSSR count). The largest absolute Gasteiger partial charge is 0.489 e. The first-order valence-corrected chi connectivity index (χ1v) is 11.4. The molecule has 7 heteroatoms. The third kappa shape index (κ3) is 5.03. The maximum Gasteiger partial charge on any atom is 0.341 e. The highest BCUT2D eigenvalue weighted by atomic mass is 35.5. The van der Waals surface area contributed by atoms with Crippen LogP contribution in [-0.4, -0.2) is 17.6 Å². The number of nitrogens with zero attached hydrogens (tertiary/aromatic N) is 1. The molecular formula is C25H22ClNO4S. The lowest BCUT2D eigenvalue weighted by Crippen LogP contribution is -2.05. The van der Waals surface area contributed by atoms with Crippen molar-refractivity contribution in [2.75, 3.05) is 6.61 Å². The third-order valence-electron chi connectivity index (χ3n) is 4.85. The summed E-state index contributed by atoms with van der Waals surface area (Å²) >= 11 is 7.77. The van der Waals surface area contributed by atoms with Gasteiger partial charge >= 0.3 is 5.97 Å². The minimum absolute atomic E-state index is 0.287. The van der Waals surface area contributed by atoms with E-state index < -0.39 is 5.97 Å². The van der Waals surface area contributed by atoms with Gasteiger partial charge in [-0.3, -0.25) is 0 Å². The molecule has 0 unspecified atom stereocenters. The molecule has 0 bridgehead atoms. The molecule has 0 amide bonds. The van der Waals surface area contributed by atoms with Gasteiger partial charge in [0.15, 0.2) is 0 Å². The predicted molar refractivity (Wildman–Crippen MR) is 127 cm³/mol. The number of hydrogen-bond acceptors (Lipinski definition) is 6. The van der Waals surface area contributed by atoms with Crippen molar-refractivity contribution >= 4 is 39.0 Å². The van der Waals surface area contributed by atoms with Crippen LogP contribution >= 0.6 is 22.9 Å². The Morgan fingerprint density at radius 1 is 1.06 bits per heavy atom. The molecule has 2 heterocycles. The second kappa shape index (κ2) is 10.0. The summed E-state index contributed by atoms with van der Waals surface area (Å²) in [5.41, 5.74) is 3.59. The van der Waals surface area contributed by atoms with Gasteiger partial charge in [-0.1, -0.05) is 47.5 Å². The van der Waals surface area contributed by atoms with Gasteiger partial charge in [0.25, 0.3) is 0 Å². The molecule has 164 valence electrons. The molecule has 2 aromatic carbocycles. The molecule has 2 aromatic heterocycles. The fraction of sp³-hybridized carbons (Fsp3) is 0.200. The molecule has 0 aliphatic rings. The fourth-order valence-corrected chi connectivity index (χ4v) is 4.56. The standard InChI is InChI=1S/C25H22ClNO4S/c1-3-29-25(28)21-12-27-24(26)22-18(15-32-23(21)22)14-31-20-6-4-5-19(11-20)30-13-17-9-7-16(2)8-10-17/h4-12,15H,3,13-14H2,1-2H3. The third-order valence-corrected chi connectivity index (χ3v) is 6.20. The average Bonchev–Trinajstić information content (AvgIpc) is 3.23. The van der Waals surface area contributed by atoms with Crippen LogP contribution in [-0.2, 0) is 18.0 Å². The molecule has 5 nitrogen and oxygen atoms in total. The van der Waals surface area contributed by atoms with Crippen molar-refractivity contribution < 1.29 is 19.0 Å². The van der Waals surface area contributed by atoms with Crippen LogP contribution in [0.1, 0.15) is 34.0 Å². The number of halogens is 1. The number of hydrogen-bond donors (Lipinski definition) is 0. The van der Waals surface area contributed by atoms with Gasteiger partial charge in [0.1, 0.15) is 29.9 Å². The van der Waals surface area contributed by atoms with E-state index in [0.717, 1.165) is 21.6 Å². The lowest BCUT2D eigenvalue weighted by Gasteiger charge is -2.10. The van der Waals surface area contributed by atoms with E-state index in [1.807, 2.05) is 29.6 Å². The zero-order chi connectivity index (χ0) is 22.5. The highest BCUT2D eigenvalue weighted by Crippen LogP contribution is 2.34. The van der Waals surface area contributed by atoms with E-state index in [0.29, 0.717) is 35.1 Å². The van der Waals surface area contributed by atoms with Gasteiger partial charge in [-0.15, -0.1) is 11.3 Å². The quantitative estimate of drug-likeness (QED) is 0.216. The molecule has 4 aromatic rings. The molecule has 0 atom stereocenters.